The van der Waals surface area contributed by atoms with E-state index in [0.29, 0.717) is 16.5 Å². The van der Waals surface area contributed by atoms with Crippen molar-refractivity contribution < 1.29 is 9.53 Å². The van der Waals surface area contributed by atoms with E-state index in [1.54, 1.807) is 25.3 Å². The minimum atomic E-state index is 0.0277. The fourth-order valence-electron chi connectivity index (χ4n) is 2.08. The van der Waals surface area contributed by atoms with E-state index in [-0.39, 0.29) is 11.8 Å². The van der Waals surface area contributed by atoms with Crippen molar-refractivity contribution in [3.8, 4) is 5.75 Å². The fraction of sp³-hybridized carbons (Fsp3) is 0.357. The molecule has 1 unspecified atom stereocenters. The number of carbonyl (C=O) groups is 1. The first kappa shape index (κ1) is 13.0. The molecule has 0 spiro atoms. The number of anilines is 1. The molecule has 1 N–H and O–H groups in total. The van der Waals surface area contributed by atoms with Crippen molar-refractivity contribution in [1.82, 2.24) is 0 Å². The number of rotatable bonds is 3. The highest BCUT2D eigenvalue weighted by Gasteiger charge is 2.20. The highest BCUT2D eigenvalue weighted by molar-refractivity contribution is 6.32. The maximum atomic E-state index is 12.1. The Bertz CT molecular complexity index is 471. The van der Waals surface area contributed by atoms with Crippen molar-refractivity contribution in [2.24, 2.45) is 5.92 Å². The molecule has 1 aromatic carbocycles. The number of methoxy groups -OCH3 is 1. The molecular formula is C14H16ClNO2. The summed E-state index contributed by atoms with van der Waals surface area (Å²) < 4.78 is 5.20. The molecular weight excluding hydrogens is 250 g/mol. The number of hydrogen-bond acceptors (Lipinski definition) is 2. The first-order chi connectivity index (χ1) is 8.72. The summed E-state index contributed by atoms with van der Waals surface area (Å²) in [7, 11) is 1.54. The van der Waals surface area contributed by atoms with Gasteiger partial charge in [-0.3, -0.25) is 4.79 Å². The van der Waals surface area contributed by atoms with Crippen LogP contribution in [0, 0.1) is 5.92 Å². The minimum Gasteiger partial charge on any atom is -0.493 e. The van der Waals surface area contributed by atoms with E-state index in [1.807, 2.05) is 0 Å². The van der Waals surface area contributed by atoms with Gasteiger partial charge in [-0.2, -0.15) is 0 Å². The summed E-state index contributed by atoms with van der Waals surface area (Å²) in [5.41, 5.74) is 0.629. The zero-order chi connectivity index (χ0) is 13.0. The Kier molecular flexibility index (Phi) is 4.26. The van der Waals surface area contributed by atoms with Crippen LogP contribution in [0.25, 0.3) is 0 Å². The first-order valence-corrected chi connectivity index (χ1v) is 6.38. The van der Waals surface area contributed by atoms with Gasteiger partial charge in [0, 0.05) is 5.92 Å². The van der Waals surface area contributed by atoms with Crippen LogP contribution in [0.1, 0.15) is 19.3 Å². The van der Waals surface area contributed by atoms with Crippen molar-refractivity contribution >= 4 is 23.2 Å². The summed E-state index contributed by atoms with van der Waals surface area (Å²) in [6.07, 6.45) is 6.83. The van der Waals surface area contributed by atoms with Gasteiger partial charge in [-0.1, -0.05) is 29.8 Å². The molecule has 2 rings (SSSR count). The van der Waals surface area contributed by atoms with Crippen LogP contribution in [0.2, 0.25) is 5.02 Å². The standard InChI is InChI=1S/C14H16ClNO2/c1-18-13-11(15)8-5-9-12(13)16-14(17)10-6-3-2-4-7-10/h2-3,5,8-10H,4,6-7H2,1H3,(H,16,17). The fourth-order valence-corrected chi connectivity index (χ4v) is 2.33. The Morgan fingerprint density at radius 3 is 2.94 bits per heavy atom. The summed E-state index contributed by atoms with van der Waals surface area (Å²) in [6.45, 7) is 0. The van der Waals surface area contributed by atoms with Crippen molar-refractivity contribution in [1.29, 1.82) is 0 Å². The van der Waals surface area contributed by atoms with Gasteiger partial charge in [0.1, 0.15) is 0 Å². The van der Waals surface area contributed by atoms with Gasteiger partial charge < -0.3 is 10.1 Å². The Balaban J connectivity index is 2.11. The van der Waals surface area contributed by atoms with Gasteiger partial charge in [-0.25, -0.2) is 0 Å². The maximum Gasteiger partial charge on any atom is 0.227 e. The molecule has 0 bridgehead atoms. The lowest BCUT2D eigenvalue weighted by molar-refractivity contribution is -0.120. The van der Waals surface area contributed by atoms with E-state index in [0.717, 1.165) is 19.3 Å². The number of nitrogens with one attached hydrogen (secondary N) is 1. The largest absolute Gasteiger partial charge is 0.493 e. The third kappa shape index (κ3) is 2.85. The number of allylic oxidation sites excluding steroid dienone is 2. The lowest BCUT2D eigenvalue weighted by Gasteiger charge is -2.18. The van der Waals surface area contributed by atoms with E-state index in [4.69, 9.17) is 16.3 Å². The number of halogens is 1. The number of amides is 1. The van der Waals surface area contributed by atoms with Crippen LogP contribution < -0.4 is 10.1 Å². The highest BCUT2D eigenvalue weighted by atomic mass is 35.5. The minimum absolute atomic E-state index is 0.0277. The summed E-state index contributed by atoms with van der Waals surface area (Å²) in [5.74, 6) is 0.581. The molecule has 0 aromatic heterocycles. The van der Waals surface area contributed by atoms with E-state index < -0.39 is 0 Å². The van der Waals surface area contributed by atoms with E-state index in [1.165, 1.54) is 0 Å². The number of para-hydroxylation sites is 1. The topological polar surface area (TPSA) is 38.3 Å². The number of benzene rings is 1. The van der Waals surface area contributed by atoms with Gasteiger partial charge in [0.05, 0.1) is 17.8 Å². The molecule has 3 nitrogen and oxygen atoms in total. The van der Waals surface area contributed by atoms with E-state index in [9.17, 15) is 4.79 Å². The van der Waals surface area contributed by atoms with Crippen LogP contribution >= 0.6 is 11.6 Å². The van der Waals surface area contributed by atoms with Crippen LogP contribution in [0.15, 0.2) is 30.4 Å². The summed E-state index contributed by atoms with van der Waals surface area (Å²) in [6, 6.07) is 5.32. The van der Waals surface area contributed by atoms with Crippen LogP contribution in [-0.2, 0) is 4.79 Å². The molecule has 0 fully saturated rings. The van der Waals surface area contributed by atoms with Crippen molar-refractivity contribution in [3.05, 3.63) is 35.4 Å². The molecule has 1 aromatic rings. The predicted octanol–water partition coefficient (Wildman–Crippen LogP) is 3.64. The van der Waals surface area contributed by atoms with Crippen molar-refractivity contribution in [3.63, 3.8) is 0 Å². The average molecular weight is 266 g/mol. The third-order valence-corrected chi connectivity index (χ3v) is 3.37. The van der Waals surface area contributed by atoms with Gasteiger partial charge in [-0.15, -0.1) is 0 Å². The molecule has 96 valence electrons. The van der Waals surface area contributed by atoms with Crippen molar-refractivity contribution in [2.45, 2.75) is 19.3 Å². The predicted molar refractivity (Wildman–Crippen MR) is 73.1 cm³/mol. The molecule has 0 radical (unpaired) electrons. The molecule has 0 saturated carbocycles. The Morgan fingerprint density at radius 1 is 1.44 bits per heavy atom. The summed E-state index contributed by atoms with van der Waals surface area (Å²) in [5, 5.41) is 3.39. The molecule has 1 atom stereocenters. The lowest BCUT2D eigenvalue weighted by atomic mass is 9.93. The number of carbonyl (C=O) groups excluding carboxylic acids is 1. The Labute approximate surface area is 112 Å². The van der Waals surface area contributed by atoms with E-state index in [2.05, 4.69) is 17.5 Å². The first-order valence-electron chi connectivity index (χ1n) is 6.00. The SMILES string of the molecule is COc1c(Cl)cccc1NC(=O)C1CC=CCC1. The van der Waals surface area contributed by atoms with Crippen molar-refractivity contribution in [2.75, 3.05) is 12.4 Å². The third-order valence-electron chi connectivity index (χ3n) is 3.07. The molecule has 4 heteroatoms. The van der Waals surface area contributed by atoms with Gasteiger partial charge in [-0.05, 0) is 31.4 Å². The zero-order valence-electron chi connectivity index (χ0n) is 10.3. The molecule has 1 amide bonds. The number of ether oxygens (including phenoxy) is 1. The quantitative estimate of drug-likeness (QED) is 0.848. The Morgan fingerprint density at radius 2 is 2.28 bits per heavy atom. The van der Waals surface area contributed by atoms with Gasteiger partial charge >= 0.3 is 0 Å². The molecule has 0 aliphatic heterocycles. The zero-order valence-corrected chi connectivity index (χ0v) is 11.0. The molecule has 0 saturated heterocycles. The smallest absolute Gasteiger partial charge is 0.227 e. The lowest BCUT2D eigenvalue weighted by Crippen LogP contribution is -2.23. The molecule has 18 heavy (non-hydrogen) atoms. The average Bonchev–Trinajstić information content (AvgIpc) is 2.40. The second kappa shape index (κ2) is 5.91. The van der Waals surface area contributed by atoms with E-state index >= 15 is 0 Å². The summed E-state index contributed by atoms with van der Waals surface area (Å²) >= 11 is 6.01. The second-order valence-electron chi connectivity index (χ2n) is 4.29. The maximum absolute atomic E-state index is 12.1. The highest BCUT2D eigenvalue weighted by Crippen LogP contribution is 2.33. The van der Waals surface area contributed by atoms with Crippen LogP contribution in [-0.4, -0.2) is 13.0 Å². The normalized spacial score (nSPS) is 18.4. The monoisotopic (exact) mass is 265 g/mol. The van der Waals surface area contributed by atoms with Gasteiger partial charge in [0.25, 0.3) is 0 Å². The van der Waals surface area contributed by atoms with Gasteiger partial charge in [0.2, 0.25) is 5.91 Å². The van der Waals surface area contributed by atoms with Crippen LogP contribution in [0.5, 0.6) is 5.75 Å². The number of hydrogen-bond donors (Lipinski definition) is 1. The molecule has 0 heterocycles. The van der Waals surface area contributed by atoms with Crippen LogP contribution in [0.4, 0.5) is 5.69 Å². The summed E-state index contributed by atoms with van der Waals surface area (Å²) in [4.78, 5) is 12.1. The van der Waals surface area contributed by atoms with Gasteiger partial charge in [0.15, 0.2) is 5.75 Å². The van der Waals surface area contributed by atoms with Crippen LogP contribution in [0.3, 0.4) is 0 Å². The second-order valence-corrected chi connectivity index (χ2v) is 4.70. The molecule has 1 aliphatic rings. The Hall–Kier alpha value is -1.48. The molecule has 1 aliphatic carbocycles.